The van der Waals surface area contributed by atoms with E-state index < -0.39 is 11.4 Å². The minimum absolute atomic E-state index is 0.220. The number of nitrogens with one attached hydrogen (secondary N) is 1. The molecule has 0 spiro atoms. The number of benzene rings is 1. The van der Waals surface area contributed by atoms with Gasteiger partial charge in [0.1, 0.15) is 11.1 Å². The summed E-state index contributed by atoms with van der Waals surface area (Å²) in [5.74, 6) is -0.859. The first-order valence-corrected chi connectivity index (χ1v) is 14.4. The Morgan fingerprint density at radius 1 is 1.10 bits per heavy atom. The molecule has 6 heterocycles. The normalized spacial score (nSPS) is 23.6. The summed E-state index contributed by atoms with van der Waals surface area (Å²) in [5.41, 5.74) is 2.83. The number of aryl methyl sites for hydroxylation is 2. The van der Waals surface area contributed by atoms with Crippen LogP contribution in [-0.2, 0) is 11.8 Å². The van der Waals surface area contributed by atoms with Crippen LogP contribution in [0.5, 0.6) is 0 Å². The molecule has 220 valence electrons. The fourth-order valence-corrected chi connectivity index (χ4v) is 6.65. The van der Waals surface area contributed by atoms with E-state index in [0.717, 1.165) is 30.6 Å². The number of rotatable bonds is 4. The minimum atomic E-state index is -0.504. The maximum absolute atomic E-state index is 14.6. The molecule has 3 fully saturated rings. The second kappa shape index (κ2) is 9.41. The summed E-state index contributed by atoms with van der Waals surface area (Å²) in [7, 11) is 1.84. The van der Waals surface area contributed by atoms with Crippen molar-refractivity contribution in [2.24, 2.45) is 7.05 Å². The molecule has 7 rings (SSSR count). The van der Waals surface area contributed by atoms with Gasteiger partial charge in [0.05, 0.1) is 16.9 Å². The van der Waals surface area contributed by atoms with Crippen LogP contribution in [0.1, 0.15) is 43.2 Å². The lowest BCUT2D eigenvalue weighted by atomic mass is 10.1. The van der Waals surface area contributed by atoms with Crippen molar-refractivity contribution in [3.8, 4) is 0 Å². The highest BCUT2D eigenvalue weighted by atomic mass is 19.1. The maximum Gasteiger partial charge on any atom is 0.410 e. The number of nitrogens with zero attached hydrogens (tertiary/aromatic N) is 7. The smallest absolute Gasteiger partial charge is 0.410 e. The van der Waals surface area contributed by atoms with E-state index in [1.165, 1.54) is 6.07 Å². The van der Waals surface area contributed by atoms with Gasteiger partial charge in [-0.15, -0.1) is 0 Å². The average Bonchev–Trinajstić information content (AvgIpc) is 3.45. The third-order valence-corrected chi connectivity index (χ3v) is 8.41. The molecule has 0 radical (unpaired) electrons. The van der Waals surface area contributed by atoms with Crippen LogP contribution >= 0.6 is 0 Å². The minimum Gasteiger partial charge on any atom is -0.444 e. The van der Waals surface area contributed by atoms with Crippen molar-refractivity contribution in [3.63, 3.8) is 0 Å². The van der Waals surface area contributed by atoms with Gasteiger partial charge in [-0.3, -0.25) is 14.4 Å². The molecule has 3 unspecified atom stereocenters. The monoisotopic (exact) mass is 574 g/mol. The number of halogens is 1. The molecule has 11 nitrogen and oxygen atoms in total. The summed E-state index contributed by atoms with van der Waals surface area (Å²) in [6, 6.07) is 6.26. The molecular weight excluding hydrogens is 539 g/mol. The first-order chi connectivity index (χ1) is 19.9. The Bertz CT molecular complexity index is 1730. The van der Waals surface area contributed by atoms with Gasteiger partial charge < -0.3 is 24.3 Å². The van der Waals surface area contributed by atoms with Gasteiger partial charge in [0, 0.05) is 87.1 Å². The number of aromatic nitrogens is 4. The Balaban J connectivity index is 1.05. The van der Waals surface area contributed by atoms with Crippen molar-refractivity contribution < 1.29 is 18.7 Å². The number of anilines is 2. The van der Waals surface area contributed by atoms with Gasteiger partial charge in [0.2, 0.25) is 0 Å². The summed E-state index contributed by atoms with van der Waals surface area (Å²) in [6.45, 7) is 10.7. The zero-order valence-electron chi connectivity index (χ0n) is 24.5. The quantitative estimate of drug-likeness (QED) is 0.370. The van der Waals surface area contributed by atoms with Crippen molar-refractivity contribution in [2.45, 2.75) is 57.8 Å². The van der Waals surface area contributed by atoms with Gasteiger partial charge >= 0.3 is 6.09 Å². The molecule has 4 aromatic rings. The molecule has 2 amide bonds. The number of likely N-dealkylation sites (tertiary alicyclic amines) is 1. The number of amides is 2. The van der Waals surface area contributed by atoms with Crippen molar-refractivity contribution in [1.82, 2.24) is 29.0 Å². The van der Waals surface area contributed by atoms with Gasteiger partial charge in [-0.05, 0) is 46.2 Å². The SMILES string of the molecule is Cc1cn2cc(NC(=O)c3ccc(N4CCC(N5C6CN(C(=O)OC(C)(C)C)CC65)C4)c4cn(C)nc34)cc(F)c2n1. The van der Waals surface area contributed by atoms with Crippen LogP contribution in [0.3, 0.4) is 0 Å². The number of carbonyl (C=O) groups excluding carboxylic acids is 2. The van der Waals surface area contributed by atoms with Crippen molar-refractivity contribution in [3.05, 3.63) is 53.9 Å². The highest BCUT2D eigenvalue weighted by molar-refractivity contribution is 6.13. The molecule has 0 aliphatic carbocycles. The van der Waals surface area contributed by atoms with Crippen LogP contribution in [0.4, 0.5) is 20.6 Å². The summed E-state index contributed by atoms with van der Waals surface area (Å²) < 4.78 is 23.4. The van der Waals surface area contributed by atoms with Gasteiger partial charge in [0.15, 0.2) is 11.5 Å². The molecule has 3 atom stereocenters. The van der Waals surface area contributed by atoms with Crippen LogP contribution in [0.25, 0.3) is 16.6 Å². The van der Waals surface area contributed by atoms with Crippen LogP contribution < -0.4 is 10.2 Å². The van der Waals surface area contributed by atoms with Gasteiger partial charge in [0.25, 0.3) is 5.91 Å². The predicted octanol–water partition coefficient (Wildman–Crippen LogP) is 3.80. The molecule has 3 saturated heterocycles. The van der Waals surface area contributed by atoms with E-state index >= 15 is 0 Å². The number of pyridine rings is 1. The van der Waals surface area contributed by atoms with Gasteiger partial charge in [-0.2, -0.15) is 5.10 Å². The number of piperazine rings is 1. The van der Waals surface area contributed by atoms with Crippen molar-refractivity contribution in [1.29, 1.82) is 0 Å². The van der Waals surface area contributed by atoms with Crippen LogP contribution in [0, 0.1) is 12.7 Å². The molecule has 3 aliphatic heterocycles. The largest absolute Gasteiger partial charge is 0.444 e. The van der Waals surface area contributed by atoms with Crippen LogP contribution in [0.2, 0.25) is 0 Å². The molecule has 42 heavy (non-hydrogen) atoms. The summed E-state index contributed by atoms with van der Waals surface area (Å²) in [4.78, 5) is 36.8. The van der Waals surface area contributed by atoms with E-state index in [1.807, 2.05) is 45.0 Å². The van der Waals surface area contributed by atoms with E-state index in [2.05, 4.69) is 25.2 Å². The Labute approximate surface area is 242 Å². The maximum atomic E-state index is 14.6. The molecule has 1 N–H and O–H groups in total. The third-order valence-electron chi connectivity index (χ3n) is 8.41. The number of fused-ring (bicyclic) bond motifs is 3. The summed E-state index contributed by atoms with van der Waals surface area (Å²) in [6.07, 6.45) is 6.12. The van der Waals surface area contributed by atoms with Gasteiger partial charge in [-0.1, -0.05) is 0 Å². The van der Waals surface area contributed by atoms with Gasteiger partial charge in [-0.25, -0.2) is 14.2 Å². The van der Waals surface area contributed by atoms with E-state index in [0.29, 0.717) is 53.7 Å². The lowest BCUT2D eigenvalue weighted by Crippen LogP contribution is -2.41. The second-order valence-electron chi connectivity index (χ2n) is 12.7. The molecule has 1 aromatic carbocycles. The van der Waals surface area contributed by atoms with E-state index in [4.69, 9.17) is 4.74 Å². The number of hydrogen-bond acceptors (Lipinski definition) is 7. The Kier molecular flexibility index (Phi) is 5.98. The van der Waals surface area contributed by atoms with E-state index in [-0.39, 0.29) is 17.6 Å². The fraction of sp³-hybridized carbons (Fsp3) is 0.467. The zero-order chi connectivity index (χ0) is 29.5. The predicted molar refractivity (Wildman–Crippen MR) is 156 cm³/mol. The Hall–Kier alpha value is -4.19. The van der Waals surface area contributed by atoms with E-state index in [9.17, 15) is 14.0 Å². The number of hydrogen-bond donors (Lipinski definition) is 1. The molecule has 3 aromatic heterocycles. The zero-order valence-corrected chi connectivity index (χ0v) is 24.5. The lowest BCUT2D eigenvalue weighted by Gasteiger charge is -2.27. The topological polar surface area (TPSA) is 100 Å². The molecule has 0 bridgehead atoms. The number of carbonyl (C=O) groups is 2. The van der Waals surface area contributed by atoms with Crippen LogP contribution in [0.15, 0.2) is 36.8 Å². The standard InChI is InChI=1S/C30H35FN8O3/c1-17-11-37-12-18(10-22(31)27(37)32-17)33-28(40)20-6-7-23(21-14-35(5)34-26(20)21)36-9-8-19(13-36)39-24-15-38(16-25(24)39)29(41)42-30(2,3)4/h6-7,10-12,14,19,24-25H,8-9,13,15-16H2,1-5H3,(H,33,40). The van der Waals surface area contributed by atoms with Crippen LogP contribution in [-0.4, -0.2) is 90.9 Å². The number of ether oxygens (including phenoxy) is 1. The Morgan fingerprint density at radius 2 is 1.86 bits per heavy atom. The molecular formula is C30H35FN8O3. The number of imidazole rings is 1. The molecule has 12 heteroatoms. The highest BCUT2D eigenvalue weighted by Crippen LogP contribution is 2.42. The molecule has 3 aliphatic rings. The molecule has 0 saturated carbocycles. The van der Waals surface area contributed by atoms with E-state index in [1.54, 1.807) is 34.5 Å². The first kappa shape index (κ1) is 26.7. The fourth-order valence-electron chi connectivity index (χ4n) is 6.65. The average molecular weight is 575 g/mol. The highest BCUT2D eigenvalue weighted by Gasteiger charge is 2.58. The second-order valence-corrected chi connectivity index (χ2v) is 12.7. The van der Waals surface area contributed by atoms with Crippen molar-refractivity contribution in [2.75, 3.05) is 36.4 Å². The lowest BCUT2D eigenvalue weighted by molar-refractivity contribution is 0.0253. The summed E-state index contributed by atoms with van der Waals surface area (Å²) in [5, 5.41) is 8.36. The first-order valence-electron chi connectivity index (χ1n) is 14.4. The third kappa shape index (κ3) is 4.63. The summed E-state index contributed by atoms with van der Waals surface area (Å²) >= 11 is 0. The Morgan fingerprint density at radius 3 is 2.60 bits per heavy atom. The van der Waals surface area contributed by atoms with Crippen molar-refractivity contribution >= 4 is 39.9 Å².